The number of carbonyl (C=O) groups excluding carboxylic acids is 1. The molecule has 2 nitrogen and oxygen atoms in total. The van der Waals surface area contributed by atoms with Gasteiger partial charge in [-0.05, 0) is 41.8 Å². The third kappa shape index (κ3) is 4.77. The van der Waals surface area contributed by atoms with Crippen molar-refractivity contribution >= 4 is 40.7 Å². The van der Waals surface area contributed by atoms with E-state index >= 15 is 0 Å². The number of allylic oxidation sites excluding steroid dienone is 1. The molecule has 0 N–H and O–H groups in total. The largest absolute Gasteiger partial charge is 0.313 e. The van der Waals surface area contributed by atoms with Crippen LogP contribution in [0.1, 0.15) is 12.0 Å². The molecule has 1 heterocycles. The fourth-order valence-electron chi connectivity index (χ4n) is 3.43. The molecule has 0 saturated carbocycles. The molecular formula is C25H23NOS2. The Balaban J connectivity index is 1.55. The van der Waals surface area contributed by atoms with Gasteiger partial charge in [-0.2, -0.15) is 0 Å². The van der Waals surface area contributed by atoms with Crippen molar-refractivity contribution in [2.75, 3.05) is 17.7 Å². The SMILES string of the molecule is CN1C(=O)C(C/C(=C/CSc2ccccc2)c2ccccc2)Sc2ccccc21. The topological polar surface area (TPSA) is 20.3 Å². The summed E-state index contributed by atoms with van der Waals surface area (Å²) in [7, 11) is 1.88. The van der Waals surface area contributed by atoms with E-state index < -0.39 is 0 Å². The normalized spacial score (nSPS) is 16.6. The van der Waals surface area contributed by atoms with Crippen LogP contribution in [0.4, 0.5) is 5.69 Å². The monoisotopic (exact) mass is 417 g/mol. The summed E-state index contributed by atoms with van der Waals surface area (Å²) in [5, 5.41) is -0.108. The van der Waals surface area contributed by atoms with E-state index in [0.29, 0.717) is 0 Å². The second-order valence-corrected chi connectivity index (χ2v) is 9.23. The number of para-hydroxylation sites is 1. The molecule has 3 aromatic carbocycles. The Bertz CT molecular complexity index is 1000. The van der Waals surface area contributed by atoms with Gasteiger partial charge in [-0.15, -0.1) is 23.5 Å². The molecule has 0 aliphatic carbocycles. The van der Waals surface area contributed by atoms with Crippen LogP contribution in [0.15, 0.2) is 101 Å². The molecule has 3 aromatic rings. The van der Waals surface area contributed by atoms with Crippen LogP contribution in [-0.2, 0) is 4.79 Å². The average Bonchev–Trinajstić information content (AvgIpc) is 2.78. The summed E-state index contributed by atoms with van der Waals surface area (Å²) in [6.07, 6.45) is 3.00. The van der Waals surface area contributed by atoms with Crippen molar-refractivity contribution in [1.82, 2.24) is 0 Å². The number of amides is 1. The van der Waals surface area contributed by atoms with Gasteiger partial charge in [-0.1, -0.05) is 66.7 Å². The van der Waals surface area contributed by atoms with Crippen LogP contribution in [0.2, 0.25) is 0 Å². The van der Waals surface area contributed by atoms with Crippen LogP contribution in [-0.4, -0.2) is 24.0 Å². The zero-order chi connectivity index (χ0) is 20.1. The molecule has 0 spiro atoms. The summed E-state index contributed by atoms with van der Waals surface area (Å²) < 4.78 is 0. The molecule has 29 heavy (non-hydrogen) atoms. The molecular weight excluding hydrogens is 394 g/mol. The summed E-state index contributed by atoms with van der Waals surface area (Å²) in [4.78, 5) is 17.3. The van der Waals surface area contributed by atoms with E-state index in [4.69, 9.17) is 0 Å². The Labute approximate surface area is 181 Å². The Morgan fingerprint density at radius 3 is 2.38 bits per heavy atom. The maximum atomic E-state index is 13.0. The number of thioether (sulfide) groups is 2. The molecule has 1 amide bonds. The van der Waals surface area contributed by atoms with E-state index in [2.05, 4.69) is 60.7 Å². The van der Waals surface area contributed by atoms with Crippen LogP contribution in [0, 0.1) is 0 Å². The van der Waals surface area contributed by atoms with Crippen LogP contribution < -0.4 is 4.90 Å². The minimum absolute atomic E-state index is 0.108. The van der Waals surface area contributed by atoms with E-state index in [-0.39, 0.29) is 11.2 Å². The van der Waals surface area contributed by atoms with Crippen molar-refractivity contribution in [2.24, 2.45) is 0 Å². The zero-order valence-electron chi connectivity index (χ0n) is 16.3. The van der Waals surface area contributed by atoms with Crippen LogP contribution in [0.25, 0.3) is 5.57 Å². The third-order valence-corrected chi connectivity index (χ3v) is 7.17. The lowest BCUT2D eigenvalue weighted by molar-refractivity contribution is -0.117. The number of anilines is 1. The highest BCUT2D eigenvalue weighted by molar-refractivity contribution is 8.01. The third-order valence-electron chi connectivity index (χ3n) is 4.97. The van der Waals surface area contributed by atoms with Crippen molar-refractivity contribution < 1.29 is 4.79 Å². The number of fused-ring (bicyclic) bond motifs is 1. The van der Waals surface area contributed by atoms with E-state index in [0.717, 1.165) is 17.9 Å². The standard InChI is InChI=1S/C25H23NOS2/c1-26-22-14-8-9-15-23(22)29-24(25(26)27)18-20(19-10-4-2-5-11-19)16-17-28-21-12-6-3-7-13-21/h2-16,24H,17-18H2,1H3/b20-16-. The van der Waals surface area contributed by atoms with Gasteiger partial charge in [-0.25, -0.2) is 0 Å². The lowest BCUT2D eigenvalue weighted by atomic mass is 10.00. The van der Waals surface area contributed by atoms with E-state index in [1.807, 2.05) is 49.1 Å². The quantitative estimate of drug-likeness (QED) is 0.434. The van der Waals surface area contributed by atoms with Gasteiger partial charge in [0, 0.05) is 22.6 Å². The molecule has 1 aliphatic rings. The van der Waals surface area contributed by atoms with Gasteiger partial charge >= 0.3 is 0 Å². The first-order valence-electron chi connectivity index (χ1n) is 9.68. The summed E-state index contributed by atoms with van der Waals surface area (Å²) in [5.74, 6) is 1.05. The Morgan fingerprint density at radius 2 is 1.62 bits per heavy atom. The van der Waals surface area contributed by atoms with Gasteiger partial charge in [0.05, 0.1) is 10.9 Å². The highest BCUT2D eigenvalue weighted by Gasteiger charge is 2.31. The fourth-order valence-corrected chi connectivity index (χ4v) is 5.57. The maximum Gasteiger partial charge on any atom is 0.240 e. The summed E-state index contributed by atoms with van der Waals surface area (Å²) in [5.41, 5.74) is 3.42. The van der Waals surface area contributed by atoms with Crippen LogP contribution in [0.3, 0.4) is 0 Å². The number of nitrogens with zero attached hydrogens (tertiary/aromatic N) is 1. The molecule has 0 bridgehead atoms. The highest BCUT2D eigenvalue weighted by Crippen LogP contribution is 2.41. The maximum absolute atomic E-state index is 13.0. The lowest BCUT2D eigenvalue weighted by Crippen LogP contribution is -2.38. The Hall–Kier alpha value is -2.43. The van der Waals surface area contributed by atoms with Gasteiger partial charge in [-0.3, -0.25) is 4.79 Å². The molecule has 146 valence electrons. The number of carbonyl (C=O) groups is 1. The summed E-state index contributed by atoms with van der Waals surface area (Å²) in [6, 6.07) is 29.0. The predicted octanol–water partition coefficient (Wildman–Crippen LogP) is 6.39. The van der Waals surface area contributed by atoms with Gasteiger partial charge in [0.25, 0.3) is 0 Å². The summed E-state index contributed by atoms with van der Waals surface area (Å²) in [6.45, 7) is 0. The highest BCUT2D eigenvalue weighted by atomic mass is 32.2. The minimum atomic E-state index is -0.108. The molecule has 1 aliphatic heterocycles. The molecule has 0 fully saturated rings. The molecule has 0 saturated heterocycles. The summed E-state index contributed by atoms with van der Waals surface area (Å²) >= 11 is 3.50. The van der Waals surface area contributed by atoms with Crippen LogP contribution in [0.5, 0.6) is 0 Å². The lowest BCUT2D eigenvalue weighted by Gasteiger charge is -2.31. The van der Waals surface area contributed by atoms with Crippen molar-refractivity contribution in [3.63, 3.8) is 0 Å². The van der Waals surface area contributed by atoms with Gasteiger partial charge in [0.2, 0.25) is 5.91 Å². The second-order valence-electron chi connectivity index (χ2n) is 6.90. The molecule has 0 radical (unpaired) electrons. The van der Waals surface area contributed by atoms with Crippen molar-refractivity contribution in [3.05, 3.63) is 96.6 Å². The van der Waals surface area contributed by atoms with E-state index in [1.165, 1.54) is 20.9 Å². The number of hydrogen-bond acceptors (Lipinski definition) is 3. The number of hydrogen-bond donors (Lipinski definition) is 0. The Morgan fingerprint density at radius 1 is 0.966 bits per heavy atom. The van der Waals surface area contributed by atoms with Crippen molar-refractivity contribution in [3.8, 4) is 0 Å². The van der Waals surface area contributed by atoms with E-state index in [9.17, 15) is 4.79 Å². The fraction of sp³-hybridized carbons (Fsp3) is 0.160. The first-order valence-corrected chi connectivity index (χ1v) is 11.5. The Kier molecular flexibility index (Phi) is 6.43. The molecule has 0 aromatic heterocycles. The molecule has 1 unspecified atom stereocenters. The number of benzene rings is 3. The first-order chi connectivity index (χ1) is 14.2. The zero-order valence-corrected chi connectivity index (χ0v) is 18.0. The molecule has 1 atom stereocenters. The van der Waals surface area contributed by atoms with E-state index in [1.54, 1.807) is 16.7 Å². The van der Waals surface area contributed by atoms with Gasteiger partial charge < -0.3 is 4.90 Å². The average molecular weight is 418 g/mol. The van der Waals surface area contributed by atoms with Crippen LogP contribution >= 0.6 is 23.5 Å². The van der Waals surface area contributed by atoms with Gasteiger partial charge in [0.15, 0.2) is 0 Å². The predicted molar refractivity (Wildman–Crippen MR) is 126 cm³/mol. The first kappa shape index (κ1) is 19.9. The molecule has 4 heteroatoms. The smallest absolute Gasteiger partial charge is 0.240 e. The minimum Gasteiger partial charge on any atom is -0.313 e. The number of rotatable bonds is 6. The van der Waals surface area contributed by atoms with Gasteiger partial charge in [0.1, 0.15) is 0 Å². The second kappa shape index (κ2) is 9.38. The molecule has 4 rings (SSSR count). The van der Waals surface area contributed by atoms with Crippen molar-refractivity contribution in [1.29, 1.82) is 0 Å². The van der Waals surface area contributed by atoms with Crippen molar-refractivity contribution in [2.45, 2.75) is 21.5 Å².